The molecule has 1 fully saturated rings. The Balaban J connectivity index is 1.12. The lowest BCUT2D eigenvalue weighted by Crippen LogP contribution is -2.35. The van der Waals surface area contributed by atoms with Crippen LogP contribution in [0.2, 0.25) is 0 Å². The van der Waals surface area contributed by atoms with Gasteiger partial charge in [0.05, 0.1) is 15.5 Å². The minimum atomic E-state index is -3.70. The fourth-order valence-electron chi connectivity index (χ4n) is 4.83. The lowest BCUT2D eigenvalue weighted by atomic mass is 10.2. The third-order valence-electron chi connectivity index (χ3n) is 6.99. The molecule has 5 rings (SSSR count). The third kappa shape index (κ3) is 5.95. The van der Waals surface area contributed by atoms with Crippen molar-refractivity contribution in [2.75, 3.05) is 30.5 Å². The molecule has 0 aliphatic carbocycles. The molecule has 11 heteroatoms. The van der Waals surface area contributed by atoms with E-state index in [-0.39, 0.29) is 28.8 Å². The number of carbonyl (C=O) groups is 1. The van der Waals surface area contributed by atoms with Crippen molar-refractivity contribution < 1.29 is 26.4 Å². The van der Waals surface area contributed by atoms with Gasteiger partial charge in [-0.15, -0.1) is 0 Å². The summed E-state index contributed by atoms with van der Waals surface area (Å²) in [5.74, 6) is 0.0172. The average Bonchev–Trinajstić information content (AvgIpc) is 3.41. The molecule has 9 nitrogen and oxygen atoms in total. The third-order valence-corrected chi connectivity index (χ3v) is 10.7. The monoisotopic (exact) mass is 569 g/mol. The standard InChI is InChI=1S/C28H31N3O6S2/c32-28(29-20-22-8-12-25(13-9-22)38(33,34)30-17-4-1-5-18-30)21-37-24-10-14-26(15-11-24)39(35,36)31-19-16-23-6-2-3-7-27(23)31/h2-3,6-15H,1,4-5,16-21H2,(H,29,32). The lowest BCUT2D eigenvalue weighted by molar-refractivity contribution is -0.123. The Kier molecular flexibility index (Phi) is 7.92. The molecule has 1 saturated heterocycles. The number of hydrogen-bond acceptors (Lipinski definition) is 6. The summed E-state index contributed by atoms with van der Waals surface area (Å²) >= 11 is 0. The van der Waals surface area contributed by atoms with Gasteiger partial charge < -0.3 is 10.1 Å². The topological polar surface area (TPSA) is 113 Å². The van der Waals surface area contributed by atoms with Gasteiger partial charge in [-0.05, 0) is 72.9 Å². The molecule has 39 heavy (non-hydrogen) atoms. The second-order valence-corrected chi connectivity index (χ2v) is 13.4. The summed E-state index contributed by atoms with van der Waals surface area (Å²) < 4.78 is 60.3. The summed E-state index contributed by atoms with van der Waals surface area (Å²) in [6, 6.07) is 20.0. The van der Waals surface area contributed by atoms with E-state index in [1.54, 1.807) is 24.3 Å². The molecule has 0 unspecified atom stereocenters. The zero-order valence-corrected chi connectivity index (χ0v) is 23.1. The molecule has 0 spiro atoms. The van der Waals surface area contributed by atoms with Gasteiger partial charge in [-0.2, -0.15) is 4.31 Å². The van der Waals surface area contributed by atoms with E-state index in [2.05, 4.69) is 5.32 Å². The van der Waals surface area contributed by atoms with E-state index >= 15 is 0 Å². The Morgan fingerprint density at radius 3 is 2.13 bits per heavy atom. The fraction of sp³-hybridized carbons (Fsp3) is 0.321. The number of amides is 1. The highest BCUT2D eigenvalue weighted by Crippen LogP contribution is 2.33. The quantitative estimate of drug-likeness (QED) is 0.423. The van der Waals surface area contributed by atoms with Gasteiger partial charge in [0.2, 0.25) is 10.0 Å². The summed E-state index contributed by atoms with van der Waals surface area (Å²) in [6.07, 6.45) is 3.48. The van der Waals surface area contributed by atoms with E-state index in [1.165, 1.54) is 32.9 Å². The maximum Gasteiger partial charge on any atom is 0.264 e. The van der Waals surface area contributed by atoms with Gasteiger partial charge in [0.1, 0.15) is 5.75 Å². The van der Waals surface area contributed by atoms with E-state index in [4.69, 9.17) is 4.74 Å². The van der Waals surface area contributed by atoms with Gasteiger partial charge in [-0.3, -0.25) is 9.10 Å². The molecule has 0 atom stereocenters. The first kappa shape index (κ1) is 27.2. The molecule has 2 heterocycles. The number of carbonyl (C=O) groups excluding carboxylic acids is 1. The number of sulfonamides is 2. The minimum absolute atomic E-state index is 0.154. The highest BCUT2D eigenvalue weighted by molar-refractivity contribution is 7.92. The molecular weight excluding hydrogens is 538 g/mol. The molecule has 2 aliphatic heterocycles. The van der Waals surface area contributed by atoms with E-state index in [0.29, 0.717) is 37.5 Å². The van der Waals surface area contributed by atoms with Gasteiger partial charge in [0, 0.05) is 26.2 Å². The zero-order valence-electron chi connectivity index (χ0n) is 21.5. The van der Waals surface area contributed by atoms with Crippen LogP contribution >= 0.6 is 0 Å². The molecule has 206 valence electrons. The maximum atomic E-state index is 13.1. The van der Waals surface area contributed by atoms with E-state index in [9.17, 15) is 21.6 Å². The predicted molar refractivity (Wildman–Crippen MR) is 148 cm³/mol. The molecule has 3 aromatic rings. The second kappa shape index (κ2) is 11.4. The Bertz CT molecular complexity index is 1530. The molecular formula is C28H31N3O6S2. The average molecular weight is 570 g/mol. The van der Waals surface area contributed by atoms with Crippen LogP contribution in [0.1, 0.15) is 30.4 Å². The Morgan fingerprint density at radius 2 is 1.41 bits per heavy atom. The van der Waals surface area contributed by atoms with Crippen molar-refractivity contribution in [1.29, 1.82) is 0 Å². The van der Waals surface area contributed by atoms with Crippen molar-refractivity contribution in [2.45, 2.75) is 42.0 Å². The first-order valence-electron chi connectivity index (χ1n) is 12.9. The smallest absolute Gasteiger partial charge is 0.264 e. The van der Waals surface area contributed by atoms with Gasteiger partial charge in [0.15, 0.2) is 6.61 Å². The molecule has 0 radical (unpaired) electrons. The maximum absolute atomic E-state index is 13.1. The van der Waals surface area contributed by atoms with Crippen molar-refractivity contribution >= 4 is 31.6 Å². The number of para-hydroxylation sites is 1. The van der Waals surface area contributed by atoms with E-state index in [0.717, 1.165) is 30.4 Å². The van der Waals surface area contributed by atoms with Crippen LogP contribution in [-0.2, 0) is 37.8 Å². The summed E-state index contributed by atoms with van der Waals surface area (Å²) in [4.78, 5) is 12.7. The highest BCUT2D eigenvalue weighted by atomic mass is 32.2. The van der Waals surface area contributed by atoms with Crippen molar-refractivity contribution in [1.82, 2.24) is 9.62 Å². The molecule has 3 aromatic carbocycles. The van der Waals surface area contributed by atoms with Gasteiger partial charge in [0.25, 0.3) is 15.9 Å². The van der Waals surface area contributed by atoms with Crippen LogP contribution in [0.4, 0.5) is 5.69 Å². The van der Waals surface area contributed by atoms with Crippen molar-refractivity contribution in [2.24, 2.45) is 0 Å². The minimum Gasteiger partial charge on any atom is -0.484 e. The molecule has 2 aliphatic rings. The van der Waals surface area contributed by atoms with Crippen molar-refractivity contribution in [3.05, 3.63) is 83.9 Å². The number of anilines is 1. The summed E-state index contributed by atoms with van der Waals surface area (Å²) in [7, 11) is -7.19. The molecule has 0 aromatic heterocycles. The molecule has 0 bridgehead atoms. The number of rotatable bonds is 9. The number of fused-ring (bicyclic) bond motifs is 1. The van der Waals surface area contributed by atoms with E-state index in [1.807, 2.05) is 24.3 Å². The number of piperidine rings is 1. The largest absolute Gasteiger partial charge is 0.484 e. The lowest BCUT2D eigenvalue weighted by Gasteiger charge is -2.25. The first-order valence-corrected chi connectivity index (χ1v) is 15.8. The number of hydrogen-bond donors (Lipinski definition) is 1. The van der Waals surface area contributed by atoms with Crippen molar-refractivity contribution in [3.8, 4) is 5.75 Å². The summed E-state index contributed by atoms with van der Waals surface area (Å²) in [6.45, 7) is 1.47. The predicted octanol–water partition coefficient (Wildman–Crippen LogP) is 3.31. The number of ether oxygens (including phenoxy) is 1. The molecule has 1 amide bonds. The van der Waals surface area contributed by atoms with Crippen LogP contribution in [0.5, 0.6) is 5.75 Å². The van der Waals surface area contributed by atoms with Crippen LogP contribution in [-0.4, -0.2) is 53.3 Å². The van der Waals surface area contributed by atoms with Gasteiger partial charge >= 0.3 is 0 Å². The normalized spacial score (nSPS) is 16.1. The second-order valence-electron chi connectivity index (χ2n) is 9.60. The first-order chi connectivity index (χ1) is 18.7. The highest BCUT2D eigenvalue weighted by Gasteiger charge is 2.30. The molecule has 1 N–H and O–H groups in total. The van der Waals surface area contributed by atoms with Crippen LogP contribution in [0.15, 0.2) is 82.6 Å². The van der Waals surface area contributed by atoms with Crippen LogP contribution in [0.3, 0.4) is 0 Å². The van der Waals surface area contributed by atoms with Crippen LogP contribution in [0, 0.1) is 0 Å². The van der Waals surface area contributed by atoms with E-state index < -0.39 is 20.0 Å². The zero-order chi connectivity index (χ0) is 27.5. The van der Waals surface area contributed by atoms with Crippen LogP contribution in [0.25, 0.3) is 0 Å². The Morgan fingerprint density at radius 1 is 0.769 bits per heavy atom. The Labute approximate surface area is 229 Å². The van der Waals surface area contributed by atoms with Gasteiger partial charge in [-0.25, -0.2) is 16.8 Å². The SMILES string of the molecule is O=C(COc1ccc(S(=O)(=O)N2CCc3ccccc32)cc1)NCc1ccc(S(=O)(=O)N2CCCCC2)cc1. The van der Waals surface area contributed by atoms with Crippen LogP contribution < -0.4 is 14.4 Å². The molecule has 0 saturated carbocycles. The fourth-order valence-corrected chi connectivity index (χ4v) is 7.85. The van der Waals surface area contributed by atoms with Gasteiger partial charge in [-0.1, -0.05) is 36.8 Å². The summed E-state index contributed by atoms with van der Waals surface area (Å²) in [5, 5.41) is 2.75. The number of nitrogens with zero attached hydrogens (tertiary/aromatic N) is 2. The van der Waals surface area contributed by atoms with Crippen molar-refractivity contribution in [3.63, 3.8) is 0 Å². The number of nitrogens with one attached hydrogen (secondary N) is 1. The number of benzene rings is 3. The Hall–Kier alpha value is -3.41. The summed E-state index contributed by atoms with van der Waals surface area (Å²) in [5.41, 5.74) is 2.47.